The molecule has 1 aliphatic rings. The van der Waals surface area contributed by atoms with Crippen LogP contribution in [0.15, 0.2) is 18.3 Å². The Hall–Kier alpha value is -2.17. The smallest absolute Gasteiger partial charge is 0.164 e. The zero-order valence-corrected chi connectivity index (χ0v) is 10.9. The van der Waals surface area contributed by atoms with E-state index in [0.717, 1.165) is 41.0 Å². The van der Waals surface area contributed by atoms with E-state index in [1.165, 1.54) is 0 Å². The number of hydrogen-bond donors (Lipinski definition) is 2. The van der Waals surface area contributed by atoms with Gasteiger partial charge in [0.25, 0.3) is 0 Å². The van der Waals surface area contributed by atoms with Crippen LogP contribution >= 0.6 is 0 Å². The minimum Gasteiger partial charge on any atom is -0.490 e. The first kappa shape index (κ1) is 11.9. The minimum atomic E-state index is 0.573. The Bertz CT molecular complexity index is 592. The molecule has 1 aromatic heterocycles. The molecule has 2 aromatic rings. The molecule has 1 aromatic carbocycles. The SMILES string of the molecule is CCc1c(-c2cn[nH]c2N)ccc2c1OCCCO2. The Labute approximate surface area is 111 Å². The van der Waals surface area contributed by atoms with Crippen LogP contribution in [0.25, 0.3) is 11.1 Å². The first-order valence-electron chi connectivity index (χ1n) is 6.52. The molecule has 0 spiro atoms. The summed E-state index contributed by atoms with van der Waals surface area (Å²) in [6.07, 6.45) is 3.50. The number of fused-ring (bicyclic) bond motifs is 1. The third kappa shape index (κ3) is 2.01. The van der Waals surface area contributed by atoms with E-state index in [-0.39, 0.29) is 0 Å². The molecule has 0 radical (unpaired) electrons. The Morgan fingerprint density at radius 3 is 2.84 bits per heavy atom. The van der Waals surface area contributed by atoms with Crippen LogP contribution in [0.2, 0.25) is 0 Å². The number of benzene rings is 1. The Balaban J connectivity index is 2.16. The number of nitrogen functional groups attached to an aromatic ring is 1. The average molecular weight is 259 g/mol. The van der Waals surface area contributed by atoms with E-state index in [9.17, 15) is 0 Å². The monoisotopic (exact) mass is 259 g/mol. The molecule has 5 heteroatoms. The summed E-state index contributed by atoms with van der Waals surface area (Å²) in [6, 6.07) is 3.97. The van der Waals surface area contributed by atoms with Crippen molar-refractivity contribution in [1.82, 2.24) is 10.2 Å². The fraction of sp³-hybridized carbons (Fsp3) is 0.357. The molecule has 0 saturated heterocycles. The molecule has 19 heavy (non-hydrogen) atoms. The van der Waals surface area contributed by atoms with Crippen LogP contribution in [0.1, 0.15) is 18.9 Å². The molecule has 3 N–H and O–H groups in total. The molecule has 0 bridgehead atoms. The number of aromatic amines is 1. The summed E-state index contributed by atoms with van der Waals surface area (Å²) in [4.78, 5) is 0. The van der Waals surface area contributed by atoms with E-state index in [1.807, 2.05) is 12.1 Å². The zero-order chi connectivity index (χ0) is 13.2. The van der Waals surface area contributed by atoms with E-state index in [4.69, 9.17) is 15.2 Å². The molecule has 100 valence electrons. The van der Waals surface area contributed by atoms with Crippen molar-refractivity contribution in [3.8, 4) is 22.6 Å². The lowest BCUT2D eigenvalue weighted by molar-refractivity contribution is 0.296. The maximum atomic E-state index is 5.91. The topological polar surface area (TPSA) is 73.2 Å². The number of aromatic nitrogens is 2. The Morgan fingerprint density at radius 1 is 1.26 bits per heavy atom. The molecule has 0 amide bonds. The lowest BCUT2D eigenvalue weighted by Gasteiger charge is -2.15. The average Bonchev–Trinajstić information content (AvgIpc) is 2.71. The summed E-state index contributed by atoms with van der Waals surface area (Å²) in [7, 11) is 0. The van der Waals surface area contributed by atoms with Gasteiger partial charge in [0.1, 0.15) is 5.82 Å². The second kappa shape index (κ2) is 4.84. The first-order valence-corrected chi connectivity index (χ1v) is 6.52. The van der Waals surface area contributed by atoms with Crippen LogP contribution in [-0.4, -0.2) is 23.4 Å². The number of ether oxygens (including phenoxy) is 2. The van der Waals surface area contributed by atoms with Crippen molar-refractivity contribution in [2.45, 2.75) is 19.8 Å². The van der Waals surface area contributed by atoms with Gasteiger partial charge in [-0.2, -0.15) is 5.10 Å². The standard InChI is InChI=1S/C14H17N3O2/c1-2-9-10(11-8-16-17-14(11)15)4-5-12-13(9)19-7-3-6-18-12/h4-5,8H,2-3,6-7H2,1H3,(H3,15,16,17). The van der Waals surface area contributed by atoms with E-state index >= 15 is 0 Å². The molecule has 1 aliphatic heterocycles. The molecule has 3 rings (SSSR count). The van der Waals surface area contributed by atoms with Crippen molar-refractivity contribution in [2.24, 2.45) is 0 Å². The van der Waals surface area contributed by atoms with Gasteiger partial charge in [-0.3, -0.25) is 5.10 Å². The van der Waals surface area contributed by atoms with Crippen LogP contribution in [-0.2, 0) is 6.42 Å². The van der Waals surface area contributed by atoms with Gasteiger partial charge >= 0.3 is 0 Å². The third-order valence-electron chi connectivity index (χ3n) is 3.33. The second-order valence-electron chi connectivity index (χ2n) is 4.52. The third-order valence-corrected chi connectivity index (χ3v) is 3.33. The first-order chi connectivity index (χ1) is 9.31. The number of nitrogens with one attached hydrogen (secondary N) is 1. The maximum absolute atomic E-state index is 5.91. The molecule has 0 fully saturated rings. The zero-order valence-electron chi connectivity index (χ0n) is 10.9. The highest BCUT2D eigenvalue weighted by Crippen LogP contribution is 2.40. The summed E-state index contributed by atoms with van der Waals surface area (Å²) >= 11 is 0. The van der Waals surface area contributed by atoms with Crippen molar-refractivity contribution in [3.05, 3.63) is 23.9 Å². The number of anilines is 1. The van der Waals surface area contributed by atoms with Crippen LogP contribution < -0.4 is 15.2 Å². The van der Waals surface area contributed by atoms with Gasteiger partial charge in [0, 0.05) is 17.5 Å². The molecule has 0 saturated carbocycles. The van der Waals surface area contributed by atoms with Gasteiger partial charge in [-0.05, 0) is 24.1 Å². The molecule has 5 nitrogen and oxygen atoms in total. The van der Waals surface area contributed by atoms with Crippen LogP contribution in [0.3, 0.4) is 0 Å². The van der Waals surface area contributed by atoms with Gasteiger partial charge in [0.05, 0.1) is 19.4 Å². The lowest BCUT2D eigenvalue weighted by Crippen LogP contribution is -2.00. The number of nitrogens with two attached hydrogens (primary N) is 1. The molecule has 0 aliphatic carbocycles. The summed E-state index contributed by atoms with van der Waals surface area (Å²) < 4.78 is 11.6. The van der Waals surface area contributed by atoms with E-state index in [0.29, 0.717) is 19.0 Å². The van der Waals surface area contributed by atoms with Crippen molar-refractivity contribution < 1.29 is 9.47 Å². The fourth-order valence-electron chi connectivity index (χ4n) is 2.41. The van der Waals surface area contributed by atoms with Gasteiger partial charge in [-0.25, -0.2) is 0 Å². The van der Waals surface area contributed by atoms with Crippen LogP contribution in [0.5, 0.6) is 11.5 Å². The minimum absolute atomic E-state index is 0.573. The maximum Gasteiger partial charge on any atom is 0.164 e. The largest absolute Gasteiger partial charge is 0.490 e. The fourth-order valence-corrected chi connectivity index (χ4v) is 2.41. The van der Waals surface area contributed by atoms with E-state index in [2.05, 4.69) is 17.1 Å². The number of H-pyrrole nitrogens is 1. The quantitative estimate of drug-likeness (QED) is 0.868. The highest BCUT2D eigenvalue weighted by Gasteiger charge is 2.19. The predicted molar refractivity (Wildman–Crippen MR) is 73.4 cm³/mol. The Kier molecular flexibility index (Phi) is 3.03. The van der Waals surface area contributed by atoms with E-state index < -0.39 is 0 Å². The summed E-state index contributed by atoms with van der Waals surface area (Å²) in [5.74, 6) is 2.24. The predicted octanol–water partition coefficient (Wildman–Crippen LogP) is 2.38. The normalized spacial score (nSPS) is 14.2. The number of nitrogens with zero attached hydrogens (tertiary/aromatic N) is 1. The number of rotatable bonds is 2. The molecule has 0 unspecified atom stereocenters. The van der Waals surface area contributed by atoms with Gasteiger partial charge in [-0.1, -0.05) is 6.92 Å². The van der Waals surface area contributed by atoms with Gasteiger partial charge in [0.2, 0.25) is 0 Å². The summed E-state index contributed by atoms with van der Waals surface area (Å²) in [5, 5.41) is 6.75. The highest BCUT2D eigenvalue weighted by atomic mass is 16.5. The van der Waals surface area contributed by atoms with Crippen LogP contribution in [0, 0.1) is 0 Å². The molecular formula is C14H17N3O2. The lowest BCUT2D eigenvalue weighted by atomic mass is 9.98. The molecule has 0 atom stereocenters. The van der Waals surface area contributed by atoms with Crippen molar-refractivity contribution in [3.63, 3.8) is 0 Å². The Morgan fingerprint density at radius 2 is 2.11 bits per heavy atom. The molecule has 2 heterocycles. The van der Waals surface area contributed by atoms with Gasteiger partial charge in [0.15, 0.2) is 11.5 Å². The van der Waals surface area contributed by atoms with Gasteiger partial charge < -0.3 is 15.2 Å². The van der Waals surface area contributed by atoms with E-state index in [1.54, 1.807) is 6.20 Å². The highest BCUT2D eigenvalue weighted by molar-refractivity contribution is 5.78. The summed E-state index contributed by atoms with van der Waals surface area (Å²) in [5.41, 5.74) is 8.99. The second-order valence-corrected chi connectivity index (χ2v) is 4.52. The van der Waals surface area contributed by atoms with Crippen LogP contribution in [0.4, 0.5) is 5.82 Å². The van der Waals surface area contributed by atoms with Crippen molar-refractivity contribution >= 4 is 5.82 Å². The van der Waals surface area contributed by atoms with Crippen molar-refractivity contribution in [1.29, 1.82) is 0 Å². The molecular weight excluding hydrogens is 242 g/mol. The van der Waals surface area contributed by atoms with Crippen molar-refractivity contribution in [2.75, 3.05) is 18.9 Å². The van der Waals surface area contributed by atoms with Gasteiger partial charge in [-0.15, -0.1) is 0 Å². The summed E-state index contributed by atoms with van der Waals surface area (Å²) in [6.45, 7) is 3.48. The number of hydrogen-bond acceptors (Lipinski definition) is 4.